The standard InChI is InChI=1S/C15H23N3O/c1-3-8-17-13-5-9-16-10-12(13)14(19)18-11-15(2)6-4-7-15/h5,9-10H,3-4,6-8,11H2,1-2H3,(H,16,17)(H,18,19). The van der Waals surface area contributed by atoms with E-state index in [-0.39, 0.29) is 5.91 Å². The third-order valence-electron chi connectivity index (χ3n) is 3.87. The van der Waals surface area contributed by atoms with Gasteiger partial charge in [-0.25, -0.2) is 0 Å². The van der Waals surface area contributed by atoms with Crippen LogP contribution < -0.4 is 10.6 Å². The summed E-state index contributed by atoms with van der Waals surface area (Å²) in [5.74, 6) is -0.0279. The molecule has 0 saturated heterocycles. The van der Waals surface area contributed by atoms with Gasteiger partial charge < -0.3 is 10.6 Å². The molecule has 0 atom stereocenters. The fraction of sp³-hybridized carbons (Fsp3) is 0.600. The summed E-state index contributed by atoms with van der Waals surface area (Å²) in [6.07, 6.45) is 8.07. The van der Waals surface area contributed by atoms with Crippen molar-refractivity contribution in [3.8, 4) is 0 Å². The number of hydrogen-bond acceptors (Lipinski definition) is 3. The first-order valence-electron chi connectivity index (χ1n) is 7.11. The van der Waals surface area contributed by atoms with E-state index >= 15 is 0 Å². The molecule has 104 valence electrons. The molecule has 0 aliphatic heterocycles. The number of hydrogen-bond donors (Lipinski definition) is 2. The molecule has 0 spiro atoms. The SMILES string of the molecule is CCCNc1ccncc1C(=O)NCC1(C)CCC1. The van der Waals surface area contributed by atoms with Crippen molar-refractivity contribution in [2.45, 2.75) is 39.5 Å². The van der Waals surface area contributed by atoms with Gasteiger partial charge in [0.05, 0.1) is 11.3 Å². The van der Waals surface area contributed by atoms with Crippen LogP contribution in [0, 0.1) is 5.41 Å². The van der Waals surface area contributed by atoms with Crippen molar-refractivity contribution >= 4 is 11.6 Å². The van der Waals surface area contributed by atoms with Gasteiger partial charge in [-0.05, 0) is 30.7 Å². The zero-order chi connectivity index (χ0) is 13.7. The maximum Gasteiger partial charge on any atom is 0.254 e. The summed E-state index contributed by atoms with van der Waals surface area (Å²) in [6.45, 7) is 5.96. The molecule has 0 aromatic carbocycles. The molecule has 0 radical (unpaired) electrons. The van der Waals surface area contributed by atoms with Gasteiger partial charge >= 0.3 is 0 Å². The molecule has 2 N–H and O–H groups in total. The molecule has 1 amide bonds. The number of anilines is 1. The number of aromatic nitrogens is 1. The highest BCUT2D eigenvalue weighted by atomic mass is 16.1. The fourth-order valence-corrected chi connectivity index (χ4v) is 2.34. The number of rotatable bonds is 6. The van der Waals surface area contributed by atoms with Gasteiger partial charge in [-0.1, -0.05) is 20.3 Å². The Kier molecular flexibility index (Phi) is 4.40. The van der Waals surface area contributed by atoms with Gasteiger partial charge in [-0.15, -0.1) is 0 Å². The molecule has 19 heavy (non-hydrogen) atoms. The molecule has 1 saturated carbocycles. The van der Waals surface area contributed by atoms with Gasteiger partial charge in [-0.3, -0.25) is 9.78 Å². The van der Waals surface area contributed by atoms with Crippen LogP contribution in [0.1, 0.15) is 49.9 Å². The molecule has 1 aliphatic carbocycles. The lowest BCUT2D eigenvalue weighted by molar-refractivity contribution is 0.0891. The molecule has 1 fully saturated rings. The number of pyridine rings is 1. The van der Waals surface area contributed by atoms with Crippen molar-refractivity contribution in [2.75, 3.05) is 18.4 Å². The summed E-state index contributed by atoms with van der Waals surface area (Å²) in [7, 11) is 0. The Hall–Kier alpha value is -1.58. The average molecular weight is 261 g/mol. The first kappa shape index (κ1) is 13.8. The molecule has 0 unspecified atom stereocenters. The maximum absolute atomic E-state index is 12.2. The number of carbonyl (C=O) groups excluding carboxylic acids is 1. The summed E-state index contributed by atoms with van der Waals surface area (Å²) in [4.78, 5) is 16.3. The van der Waals surface area contributed by atoms with E-state index in [2.05, 4.69) is 29.5 Å². The predicted molar refractivity (Wildman–Crippen MR) is 77.3 cm³/mol. The Morgan fingerprint density at radius 2 is 2.26 bits per heavy atom. The van der Waals surface area contributed by atoms with Crippen molar-refractivity contribution < 1.29 is 4.79 Å². The number of nitrogens with one attached hydrogen (secondary N) is 2. The zero-order valence-corrected chi connectivity index (χ0v) is 11.8. The monoisotopic (exact) mass is 261 g/mol. The van der Waals surface area contributed by atoms with Crippen LogP contribution in [-0.2, 0) is 0 Å². The predicted octanol–water partition coefficient (Wildman–Crippen LogP) is 2.82. The summed E-state index contributed by atoms with van der Waals surface area (Å²) in [5, 5.41) is 6.31. The van der Waals surface area contributed by atoms with E-state index in [9.17, 15) is 4.79 Å². The summed E-state index contributed by atoms with van der Waals surface area (Å²) < 4.78 is 0. The van der Waals surface area contributed by atoms with Crippen LogP contribution in [0.2, 0.25) is 0 Å². The van der Waals surface area contributed by atoms with Crippen LogP contribution in [0.25, 0.3) is 0 Å². The first-order valence-corrected chi connectivity index (χ1v) is 7.11. The molecule has 0 bridgehead atoms. The minimum absolute atomic E-state index is 0.0279. The van der Waals surface area contributed by atoms with Crippen LogP contribution in [0.15, 0.2) is 18.5 Å². The fourth-order valence-electron chi connectivity index (χ4n) is 2.34. The minimum atomic E-state index is -0.0279. The van der Waals surface area contributed by atoms with E-state index in [1.165, 1.54) is 19.3 Å². The second kappa shape index (κ2) is 6.04. The number of amides is 1. The summed E-state index contributed by atoms with van der Waals surface area (Å²) in [6, 6.07) is 1.86. The number of carbonyl (C=O) groups is 1. The maximum atomic E-state index is 12.2. The molecule has 2 rings (SSSR count). The second-order valence-electron chi connectivity index (χ2n) is 5.69. The Morgan fingerprint density at radius 3 is 2.89 bits per heavy atom. The van der Waals surface area contributed by atoms with Gasteiger partial charge in [0, 0.05) is 25.5 Å². The Balaban J connectivity index is 1.97. The topological polar surface area (TPSA) is 54.0 Å². The molecule has 1 aromatic rings. The highest BCUT2D eigenvalue weighted by molar-refractivity contribution is 5.99. The van der Waals surface area contributed by atoms with Crippen molar-refractivity contribution in [1.82, 2.24) is 10.3 Å². The molecule has 1 aromatic heterocycles. The van der Waals surface area contributed by atoms with E-state index in [0.29, 0.717) is 11.0 Å². The van der Waals surface area contributed by atoms with Gasteiger partial charge in [0.2, 0.25) is 0 Å². The van der Waals surface area contributed by atoms with Crippen LogP contribution in [-0.4, -0.2) is 24.0 Å². The van der Waals surface area contributed by atoms with E-state index < -0.39 is 0 Å². The lowest BCUT2D eigenvalue weighted by Crippen LogP contribution is -2.40. The lowest BCUT2D eigenvalue weighted by atomic mass is 9.70. The van der Waals surface area contributed by atoms with Gasteiger partial charge in [-0.2, -0.15) is 0 Å². The first-order chi connectivity index (χ1) is 9.14. The molecule has 4 heteroatoms. The minimum Gasteiger partial charge on any atom is -0.384 e. The van der Waals surface area contributed by atoms with Crippen molar-refractivity contribution in [1.29, 1.82) is 0 Å². The van der Waals surface area contributed by atoms with Crippen LogP contribution >= 0.6 is 0 Å². The summed E-state index contributed by atoms with van der Waals surface area (Å²) >= 11 is 0. The van der Waals surface area contributed by atoms with Gasteiger partial charge in [0.1, 0.15) is 0 Å². The smallest absolute Gasteiger partial charge is 0.254 e. The molecular weight excluding hydrogens is 238 g/mol. The Bertz CT molecular complexity index is 441. The molecule has 4 nitrogen and oxygen atoms in total. The highest BCUT2D eigenvalue weighted by Gasteiger charge is 2.32. The van der Waals surface area contributed by atoms with Crippen molar-refractivity contribution in [3.05, 3.63) is 24.0 Å². The third kappa shape index (κ3) is 3.46. The molecule has 1 heterocycles. The van der Waals surface area contributed by atoms with Crippen LogP contribution in [0.3, 0.4) is 0 Å². The van der Waals surface area contributed by atoms with Crippen LogP contribution in [0.5, 0.6) is 0 Å². The van der Waals surface area contributed by atoms with E-state index in [0.717, 1.165) is 25.2 Å². The third-order valence-corrected chi connectivity index (χ3v) is 3.87. The Labute approximate surface area is 115 Å². The Morgan fingerprint density at radius 1 is 1.47 bits per heavy atom. The lowest BCUT2D eigenvalue weighted by Gasteiger charge is -2.38. The summed E-state index contributed by atoms with van der Waals surface area (Å²) in [5.41, 5.74) is 1.81. The number of nitrogens with zero attached hydrogens (tertiary/aromatic N) is 1. The van der Waals surface area contributed by atoms with Gasteiger partial charge in [0.25, 0.3) is 5.91 Å². The van der Waals surface area contributed by atoms with Crippen molar-refractivity contribution in [3.63, 3.8) is 0 Å². The average Bonchev–Trinajstić information content (AvgIpc) is 2.40. The van der Waals surface area contributed by atoms with E-state index in [1.807, 2.05) is 6.07 Å². The van der Waals surface area contributed by atoms with Crippen LogP contribution in [0.4, 0.5) is 5.69 Å². The largest absolute Gasteiger partial charge is 0.384 e. The second-order valence-corrected chi connectivity index (χ2v) is 5.69. The highest BCUT2D eigenvalue weighted by Crippen LogP contribution is 2.39. The molecular formula is C15H23N3O. The normalized spacial score (nSPS) is 16.5. The molecule has 1 aliphatic rings. The van der Waals surface area contributed by atoms with Gasteiger partial charge in [0.15, 0.2) is 0 Å². The quantitative estimate of drug-likeness (QED) is 0.828. The van der Waals surface area contributed by atoms with Crippen molar-refractivity contribution in [2.24, 2.45) is 5.41 Å². The zero-order valence-electron chi connectivity index (χ0n) is 11.8. The van der Waals surface area contributed by atoms with E-state index in [4.69, 9.17) is 0 Å². The van der Waals surface area contributed by atoms with E-state index in [1.54, 1.807) is 12.4 Å².